The van der Waals surface area contributed by atoms with Crippen molar-refractivity contribution in [1.29, 1.82) is 0 Å². The van der Waals surface area contributed by atoms with Gasteiger partial charge in [0.15, 0.2) is 5.82 Å². The van der Waals surface area contributed by atoms with E-state index in [1.165, 1.54) is 18.2 Å². The summed E-state index contributed by atoms with van der Waals surface area (Å²) in [6, 6.07) is 5.49. The van der Waals surface area contributed by atoms with Crippen LogP contribution in [0, 0.1) is 11.6 Å². The summed E-state index contributed by atoms with van der Waals surface area (Å²) < 4.78 is 28.1. The molecule has 5 N–H and O–H groups in total. The number of benzene rings is 1. The SMILES string of the molecule is NC1=C(/C=C(\N)c2c(F)cccc2F)CCCC1c1ccnc(-c2cn[nH]c2)n1. The molecule has 2 aromatic heterocycles. The molecule has 0 spiro atoms. The molecule has 1 aromatic carbocycles. The summed E-state index contributed by atoms with van der Waals surface area (Å²) in [6.07, 6.45) is 8.98. The molecule has 2 heterocycles. The Balaban J connectivity index is 1.69. The molecule has 0 bridgehead atoms. The van der Waals surface area contributed by atoms with Crippen LogP contribution in [-0.4, -0.2) is 20.2 Å². The highest BCUT2D eigenvalue weighted by Crippen LogP contribution is 2.36. The van der Waals surface area contributed by atoms with Crippen molar-refractivity contribution in [3.05, 3.63) is 83.1 Å². The summed E-state index contributed by atoms with van der Waals surface area (Å²) in [5.41, 5.74) is 15.2. The number of nitrogens with zero attached hydrogens (tertiary/aromatic N) is 3. The number of halogens is 2. The molecule has 0 fully saturated rings. The fourth-order valence-electron chi connectivity index (χ4n) is 3.60. The normalized spacial score (nSPS) is 17.6. The van der Waals surface area contributed by atoms with Gasteiger partial charge in [-0.1, -0.05) is 6.07 Å². The van der Waals surface area contributed by atoms with E-state index in [2.05, 4.69) is 20.2 Å². The number of H-pyrrole nitrogens is 1. The van der Waals surface area contributed by atoms with Crippen LogP contribution in [0.1, 0.15) is 36.4 Å². The zero-order valence-corrected chi connectivity index (χ0v) is 15.6. The Labute approximate surface area is 166 Å². The first-order valence-corrected chi connectivity index (χ1v) is 9.26. The molecule has 0 radical (unpaired) electrons. The third-order valence-electron chi connectivity index (χ3n) is 5.06. The molecule has 1 aliphatic rings. The number of aromatic amines is 1. The Bertz CT molecular complexity index is 1070. The van der Waals surface area contributed by atoms with Gasteiger partial charge in [-0.15, -0.1) is 0 Å². The minimum atomic E-state index is -0.703. The molecule has 4 rings (SSSR count). The topological polar surface area (TPSA) is 107 Å². The van der Waals surface area contributed by atoms with Crippen molar-refractivity contribution < 1.29 is 8.78 Å². The van der Waals surface area contributed by atoms with E-state index in [-0.39, 0.29) is 17.2 Å². The van der Waals surface area contributed by atoms with Crippen LogP contribution in [0.25, 0.3) is 17.1 Å². The average Bonchev–Trinajstić information content (AvgIpc) is 3.24. The van der Waals surface area contributed by atoms with E-state index in [0.29, 0.717) is 17.9 Å². The lowest BCUT2D eigenvalue weighted by molar-refractivity contribution is 0.576. The number of hydrogen-bond donors (Lipinski definition) is 3. The fraction of sp³-hybridized carbons (Fsp3) is 0.190. The molecule has 0 aliphatic heterocycles. The molecule has 29 heavy (non-hydrogen) atoms. The second-order valence-corrected chi connectivity index (χ2v) is 6.91. The minimum Gasteiger partial charge on any atom is -0.401 e. The van der Waals surface area contributed by atoms with Gasteiger partial charge in [-0.2, -0.15) is 5.10 Å². The molecular formula is C21H20F2N6. The van der Waals surface area contributed by atoms with E-state index in [1.807, 2.05) is 6.07 Å². The molecule has 0 saturated carbocycles. The van der Waals surface area contributed by atoms with E-state index >= 15 is 0 Å². The highest BCUT2D eigenvalue weighted by Gasteiger charge is 2.24. The van der Waals surface area contributed by atoms with Crippen molar-refractivity contribution >= 4 is 5.70 Å². The van der Waals surface area contributed by atoms with Crippen LogP contribution < -0.4 is 11.5 Å². The summed E-state index contributed by atoms with van der Waals surface area (Å²) in [5.74, 6) is -0.974. The van der Waals surface area contributed by atoms with E-state index in [1.54, 1.807) is 24.7 Å². The van der Waals surface area contributed by atoms with Crippen LogP contribution in [0.4, 0.5) is 8.78 Å². The first-order chi connectivity index (χ1) is 14.0. The van der Waals surface area contributed by atoms with Crippen molar-refractivity contribution in [3.63, 3.8) is 0 Å². The van der Waals surface area contributed by atoms with E-state index in [0.717, 1.165) is 29.7 Å². The number of allylic oxidation sites excluding steroid dienone is 3. The first-order valence-electron chi connectivity index (χ1n) is 9.26. The molecule has 1 aliphatic carbocycles. The molecule has 0 amide bonds. The molecule has 6 nitrogen and oxygen atoms in total. The summed E-state index contributed by atoms with van der Waals surface area (Å²) in [7, 11) is 0. The molecule has 148 valence electrons. The summed E-state index contributed by atoms with van der Waals surface area (Å²) >= 11 is 0. The van der Waals surface area contributed by atoms with Crippen molar-refractivity contribution in [2.75, 3.05) is 0 Å². The van der Waals surface area contributed by atoms with E-state index in [4.69, 9.17) is 11.5 Å². The van der Waals surface area contributed by atoms with E-state index < -0.39 is 11.6 Å². The smallest absolute Gasteiger partial charge is 0.162 e. The van der Waals surface area contributed by atoms with Gasteiger partial charge < -0.3 is 11.5 Å². The van der Waals surface area contributed by atoms with Gasteiger partial charge in [-0.3, -0.25) is 5.10 Å². The zero-order valence-electron chi connectivity index (χ0n) is 15.6. The number of rotatable bonds is 4. The predicted octanol–water partition coefficient (Wildman–Crippen LogP) is 3.63. The molecule has 0 saturated heterocycles. The van der Waals surface area contributed by atoms with Crippen LogP contribution in [0.3, 0.4) is 0 Å². The van der Waals surface area contributed by atoms with Gasteiger partial charge >= 0.3 is 0 Å². The number of aromatic nitrogens is 4. The lowest BCUT2D eigenvalue weighted by atomic mass is 9.84. The fourth-order valence-corrected chi connectivity index (χ4v) is 3.60. The van der Waals surface area contributed by atoms with Gasteiger partial charge in [-0.05, 0) is 49.1 Å². The maximum absolute atomic E-state index is 14.0. The zero-order chi connectivity index (χ0) is 20.4. The Morgan fingerprint density at radius 3 is 2.72 bits per heavy atom. The average molecular weight is 394 g/mol. The van der Waals surface area contributed by atoms with Crippen LogP contribution >= 0.6 is 0 Å². The van der Waals surface area contributed by atoms with Crippen molar-refractivity contribution in [2.45, 2.75) is 25.2 Å². The maximum Gasteiger partial charge on any atom is 0.162 e. The van der Waals surface area contributed by atoms with E-state index in [9.17, 15) is 8.78 Å². The highest BCUT2D eigenvalue weighted by molar-refractivity contribution is 5.67. The third kappa shape index (κ3) is 3.73. The number of nitrogens with two attached hydrogens (primary N) is 2. The Kier molecular flexibility index (Phi) is 5.07. The molecular weight excluding hydrogens is 374 g/mol. The maximum atomic E-state index is 14.0. The second kappa shape index (κ2) is 7.83. The lowest BCUT2D eigenvalue weighted by Crippen LogP contribution is -2.19. The Morgan fingerprint density at radius 2 is 2.00 bits per heavy atom. The minimum absolute atomic E-state index is 0.0148. The molecule has 1 unspecified atom stereocenters. The Morgan fingerprint density at radius 1 is 1.21 bits per heavy atom. The number of nitrogens with one attached hydrogen (secondary N) is 1. The summed E-state index contributed by atoms with van der Waals surface area (Å²) in [6.45, 7) is 0. The largest absolute Gasteiger partial charge is 0.401 e. The standard InChI is InChI=1S/C21H20F2N6/c22-15-5-2-6-16(23)19(15)17(24)9-12-3-1-4-14(20(12)25)18-7-8-26-21(29-18)13-10-27-28-11-13/h2,5-11,14H,1,3-4,24-25H2,(H,27,28)/b17-9-. The van der Waals surface area contributed by atoms with Gasteiger partial charge in [0.05, 0.1) is 23.0 Å². The lowest BCUT2D eigenvalue weighted by Gasteiger charge is -2.25. The first kappa shape index (κ1) is 18.8. The van der Waals surface area contributed by atoms with Crippen molar-refractivity contribution in [2.24, 2.45) is 11.5 Å². The number of hydrogen-bond acceptors (Lipinski definition) is 5. The quantitative estimate of drug-likeness (QED) is 0.627. The van der Waals surface area contributed by atoms with Gasteiger partial charge in [0.25, 0.3) is 0 Å². The van der Waals surface area contributed by atoms with Crippen LogP contribution in [0.15, 0.2) is 60.2 Å². The van der Waals surface area contributed by atoms with Crippen LogP contribution in [0.2, 0.25) is 0 Å². The van der Waals surface area contributed by atoms with Crippen molar-refractivity contribution in [1.82, 2.24) is 20.2 Å². The van der Waals surface area contributed by atoms with Crippen molar-refractivity contribution in [3.8, 4) is 11.4 Å². The van der Waals surface area contributed by atoms with Gasteiger partial charge in [0, 0.05) is 29.7 Å². The molecule has 3 aromatic rings. The Hall–Kier alpha value is -3.55. The van der Waals surface area contributed by atoms with Gasteiger partial charge in [0.1, 0.15) is 11.6 Å². The van der Waals surface area contributed by atoms with Gasteiger partial charge in [-0.25, -0.2) is 18.7 Å². The summed E-state index contributed by atoms with van der Waals surface area (Å²) in [5, 5.41) is 6.66. The molecule has 1 atom stereocenters. The van der Waals surface area contributed by atoms with Crippen LogP contribution in [0.5, 0.6) is 0 Å². The third-order valence-corrected chi connectivity index (χ3v) is 5.06. The summed E-state index contributed by atoms with van der Waals surface area (Å²) in [4.78, 5) is 8.92. The van der Waals surface area contributed by atoms with Crippen LogP contribution in [-0.2, 0) is 0 Å². The van der Waals surface area contributed by atoms with Gasteiger partial charge in [0.2, 0.25) is 0 Å². The second-order valence-electron chi connectivity index (χ2n) is 6.91. The predicted molar refractivity (Wildman–Crippen MR) is 106 cm³/mol. The molecule has 8 heteroatoms. The highest BCUT2D eigenvalue weighted by atomic mass is 19.1. The monoisotopic (exact) mass is 394 g/mol.